The number of unbranched alkanes of at least 4 members (excludes halogenated alkanes) is 2. The van der Waals surface area contributed by atoms with Crippen molar-refractivity contribution in [3.63, 3.8) is 0 Å². The standard InChI is InChI=1S/C91H129N25O18S/c1-10-12-30-70-84(128)105-61(29-21-35-98-91(95)96)80(124)111-69(79(123)101-46-75(94)119)48-135-49-77(121)104-66(38-53-23-15-14-16-24-53)87(131)113(7)52(5)78(122)108-68(42-74(93)118)89(133)116-36-22-32-71(116)85(129)107-63(40-56-45-97-50-102-56)82(126)109-65(37-51(3)4)86(130)112(6)47-76(120)103-62(34-33-54-43-99-59-27-19-17-25-57(54)59)81(125)106-64(41-73(92)117)83(127)110-67(39-55-44-100-60-28-20-18-26-58(55)60)88(132)115(9)72(31-13-11-2)90(134)114(70)8/h14-20,23-28,43-45,50-52,61-72,99-100H,10-13,21-22,29-42,46-49H2,1-9H3,(H2,92,117)(H2,93,118)(H2,94,119)(H,97,102)(H,101,123)(H,103,120)(H,104,121)(H,105,128)(H,106,125)(H,107,129)(H,108,122)(H,109,126)(H,110,127)(H,111,124)(H4,95,96,98)/t52-,61-,62-,63-,64+,65-,66-,67-,68-,69-,70-,71-,72-/m0/s1. The van der Waals surface area contributed by atoms with Crippen molar-refractivity contribution in [2.24, 2.45) is 28.9 Å². The Morgan fingerprint density at radius 2 is 1.05 bits per heavy atom. The van der Waals surface area contributed by atoms with Gasteiger partial charge in [0.2, 0.25) is 106 Å². The minimum absolute atomic E-state index is 0.00673. The number of benzene rings is 3. The molecule has 5 heterocycles. The number of aryl methyl sites for hydroxylation is 1. The van der Waals surface area contributed by atoms with Crippen LogP contribution in [0.15, 0.2) is 104 Å². The first-order valence-corrected chi connectivity index (χ1v) is 46.4. The fraction of sp³-hybridized carbons (Fsp3) is 0.516. The van der Waals surface area contributed by atoms with Crippen molar-refractivity contribution in [1.82, 2.24) is 103 Å². The van der Waals surface area contributed by atoms with Gasteiger partial charge in [-0.2, -0.15) is 0 Å². The summed E-state index contributed by atoms with van der Waals surface area (Å²) in [6, 6.07) is 2.88. The lowest BCUT2D eigenvalue weighted by Gasteiger charge is -2.36. The number of H-pyrrole nitrogens is 3. The maximum absolute atomic E-state index is 15.8. The van der Waals surface area contributed by atoms with Crippen LogP contribution in [-0.2, 0) is 112 Å². The molecule has 135 heavy (non-hydrogen) atoms. The fourth-order valence-electron chi connectivity index (χ4n) is 16.2. The van der Waals surface area contributed by atoms with E-state index < -0.39 is 228 Å². The van der Waals surface area contributed by atoms with Gasteiger partial charge in [-0.1, -0.05) is 120 Å². The number of rotatable bonds is 28. The molecule has 0 radical (unpaired) electrons. The number of nitrogens with two attached hydrogens (primary N) is 4. The van der Waals surface area contributed by atoms with Gasteiger partial charge in [-0.15, -0.1) is 11.8 Å². The summed E-state index contributed by atoms with van der Waals surface area (Å²) in [6.45, 7) is 6.94. The van der Waals surface area contributed by atoms with E-state index in [0.29, 0.717) is 59.0 Å². The number of carbonyl (C=O) groups is 18. The molecule has 2 saturated heterocycles. The number of nitrogens with zero attached hydrogens (tertiary/aromatic N) is 6. The normalized spacial score (nSPS) is 23.2. The molecule has 2 fully saturated rings. The summed E-state index contributed by atoms with van der Waals surface area (Å²) >= 11 is 0.790. The molecule has 2 aliphatic heterocycles. The molecule has 8 rings (SSSR count). The first-order chi connectivity index (χ1) is 64.3. The van der Waals surface area contributed by atoms with Crippen LogP contribution in [0.3, 0.4) is 0 Å². The highest BCUT2D eigenvalue weighted by atomic mass is 32.2. The largest absolute Gasteiger partial charge is 0.370 e. The number of imidazole rings is 1. The minimum Gasteiger partial charge on any atom is -0.370 e. The van der Waals surface area contributed by atoms with Gasteiger partial charge in [-0.05, 0) is 99.5 Å². The highest BCUT2D eigenvalue weighted by molar-refractivity contribution is 8.00. The van der Waals surface area contributed by atoms with E-state index in [9.17, 15) is 62.3 Å². The number of aromatic nitrogens is 4. The lowest BCUT2D eigenvalue weighted by molar-refractivity contribution is -0.149. The highest BCUT2D eigenvalue weighted by Crippen LogP contribution is 2.26. The Morgan fingerprint density at radius 3 is 1.68 bits per heavy atom. The Balaban J connectivity index is 1.19. The second-order valence-corrected chi connectivity index (χ2v) is 35.5. The summed E-state index contributed by atoms with van der Waals surface area (Å²) in [6.07, 6.45) is 5.20. The fourth-order valence-corrected chi connectivity index (χ4v) is 17.0. The van der Waals surface area contributed by atoms with Crippen molar-refractivity contribution < 1.29 is 86.3 Å². The van der Waals surface area contributed by atoms with Crippen LogP contribution in [0, 0.1) is 11.3 Å². The second-order valence-electron chi connectivity index (χ2n) is 34.5. The molecule has 0 bridgehead atoms. The summed E-state index contributed by atoms with van der Waals surface area (Å²) in [7, 11) is 5.22. The maximum atomic E-state index is 15.8. The van der Waals surface area contributed by atoms with Crippen LogP contribution in [0.1, 0.15) is 147 Å². The first-order valence-electron chi connectivity index (χ1n) is 45.2. The molecule has 732 valence electrons. The van der Waals surface area contributed by atoms with Crippen molar-refractivity contribution >= 4 is 146 Å². The van der Waals surface area contributed by atoms with Crippen molar-refractivity contribution in [1.29, 1.82) is 5.41 Å². The van der Waals surface area contributed by atoms with Crippen LogP contribution in [-0.4, -0.2) is 301 Å². The third-order valence-corrected chi connectivity index (χ3v) is 24.7. The predicted molar refractivity (Wildman–Crippen MR) is 501 cm³/mol. The van der Waals surface area contributed by atoms with Crippen molar-refractivity contribution in [2.45, 2.75) is 229 Å². The van der Waals surface area contributed by atoms with Gasteiger partial charge in [0.1, 0.15) is 78.5 Å². The Labute approximate surface area is 786 Å². The van der Waals surface area contributed by atoms with E-state index in [1.165, 1.54) is 47.6 Å². The van der Waals surface area contributed by atoms with Crippen molar-refractivity contribution in [3.8, 4) is 0 Å². The number of hydrogen-bond donors (Lipinski definition) is 19. The van der Waals surface area contributed by atoms with Gasteiger partial charge in [0.15, 0.2) is 5.96 Å². The molecule has 0 aliphatic carbocycles. The molecule has 43 nitrogen and oxygen atoms in total. The van der Waals surface area contributed by atoms with Crippen LogP contribution in [0.5, 0.6) is 0 Å². The maximum Gasteiger partial charge on any atom is 0.246 e. The summed E-state index contributed by atoms with van der Waals surface area (Å²) in [5, 5.41) is 38.4. The molecular formula is C91H129N25O18S. The van der Waals surface area contributed by atoms with Crippen LogP contribution in [0.4, 0.5) is 0 Å². The molecule has 18 amide bonds. The molecule has 3 aromatic carbocycles. The quantitative estimate of drug-likeness (QED) is 0.0145. The lowest BCUT2D eigenvalue weighted by atomic mass is 9.99. The number of primary amides is 3. The summed E-state index contributed by atoms with van der Waals surface area (Å²) in [5.74, 6) is -18.4. The summed E-state index contributed by atoms with van der Waals surface area (Å²) in [4.78, 5) is 281. The molecule has 0 saturated carbocycles. The van der Waals surface area contributed by atoms with E-state index in [0.717, 1.165) is 47.2 Å². The van der Waals surface area contributed by atoms with Crippen LogP contribution in [0.2, 0.25) is 0 Å². The summed E-state index contributed by atoms with van der Waals surface area (Å²) < 4.78 is 0. The van der Waals surface area contributed by atoms with E-state index in [-0.39, 0.29) is 96.1 Å². The second kappa shape index (κ2) is 51.9. The van der Waals surface area contributed by atoms with E-state index in [4.69, 9.17) is 28.3 Å². The number of likely N-dealkylation sites (N-methyl/N-ethyl adjacent to an activating group) is 4. The summed E-state index contributed by atoms with van der Waals surface area (Å²) in [5.41, 5.74) is 26.2. The van der Waals surface area contributed by atoms with E-state index >= 15 is 24.0 Å². The zero-order valence-electron chi connectivity index (χ0n) is 77.6. The SMILES string of the molecule is CCCC[C@H]1C(=O)N(C)[C@@H](CCCC)C(=O)N[C@@H](CCCNC(=N)N)C(=O)N[C@H](C(=O)NCC(N)=O)CSCC(=O)N[C@@H](Cc2ccccc2)C(=O)N(C)[C@@H](C)C(=O)N[C@@H](CC(N)=O)C(=O)N2CCC[C@H]2C(=O)N[C@@H](Cc2cnc[nH]2)C(=O)N[C@@H](CC(C)C)C(=O)N(C)CC(=O)N[C@@H](CCc2c[nH]c3ccccc23)C(=O)N[C@H](CC(N)=O)C(=O)N[C@@H](Cc2c[nH]c3ccccc23)C(=O)N1C. The molecule has 6 aromatic rings. The van der Waals surface area contributed by atoms with Gasteiger partial charge in [0.25, 0.3) is 0 Å². The number of carbonyl (C=O) groups excluding carboxylic acids is 18. The highest BCUT2D eigenvalue weighted by Gasteiger charge is 2.44. The number of guanidine groups is 1. The van der Waals surface area contributed by atoms with Gasteiger partial charge in [0.05, 0.1) is 38.0 Å². The average molecular weight is 1890 g/mol. The Kier molecular flexibility index (Phi) is 40.9. The van der Waals surface area contributed by atoms with E-state index in [1.54, 1.807) is 86.9 Å². The van der Waals surface area contributed by atoms with Crippen molar-refractivity contribution in [2.75, 3.05) is 65.9 Å². The minimum atomic E-state index is -1.88. The molecule has 44 heteroatoms. The number of thioether (sulfide) groups is 1. The smallest absolute Gasteiger partial charge is 0.246 e. The van der Waals surface area contributed by atoms with Crippen LogP contribution >= 0.6 is 11.8 Å². The number of aromatic amines is 3. The lowest BCUT2D eigenvalue weighted by Crippen LogP contribution is -2.61. The van der Waals surface area contributed by atoms with Gasteiger partial charge in [0, 0.05) is 112 Å². The number of nitrogens with one attached hydrogen (secondary N) is 15. The topological polar surface area (TPSA) is 644 Å². The predicted octanol–water partition coefficient (Wildman–Crippen LogP) is -1.86. The average Bonchev–Trinajstić information content (AvgIpc) is 1.62. The molecule has 3 aromatic heterocycles. The number of para-hydroxylation sites is 2. The van der Waals surface area contributed by atoms with Crippen LogP contribution in [0.25, 0.3) is 21.8 Å². The first kappa shape index (κ1) is 106. The number of amides is 18. The zero-order chi connectivity index (χ0) is 98.9. The third-order valence-electron chi connectivity index (χ3n) is 23.6. The zero-order valence-corrected chi connectivity index (χ0v) is 78.4. The van der Waals surface area contributed by atoms with Crippen molar-refractivity contribution in [3.05, 3.63) is 126 Å². The van der Waals surface area contributed by atoms with Gasteiger partial charge in [-0.25, -0.2) is 4.98 Å². The van der Waals surface area contributed by atoms with E-state index in [1.807, 2.05) is 32.0 Å². The number of fused-ring (bicyclic) bond motifs is 3. The van der Waals surface area contributed by atoms with Gasteiger partial charge < -0.3 is 121 Å². The molecule has 13 atom stereocenters. The molecular weight excluding hydrogens is 1760 g/mol. The van der Waals surface area contributed by atoms with Gasteiger partial charge >= 0.3 is 0 Å². The number of hydrogen-bond acceptors (Lipinski definition) is 21. The Bertz CT molecular complexity index is 5180. The van der Waals surface area contributed by atoms with Crippen LogP contribution < -0.4 is 81.4 Å². The molecule has 0 unspecified atom stereocenters. The third kappa shape index (κ3) is 31.6. The van der Waals surface area contributed by atoms with Gasteiger partial charge in [-0.3, -0.25) is 91.7 Å². The Morgan fingerprint density at radius 1 is 0.511 bits per heavy atom. The monoisotopic (exact) mass is 1890 g/mol. The molecule has 2 aliphatic rings. The molecule has 23 N–H and O–H groups in total. The Hall–Kier alpha value is -14.0. The van der Waals surface area contributed by atoms with E-state index in [2.05, 4.69) is 78.4 Å². The molecule has 0 spiro atoms.